The van der Waals surface area contributed by atoms with E-state index in [0.717, 1.165) is 24.8 Å². The minimum Gasteiger partial charge on any atom is -0.468 e. The fourth-order valence-corrected chi connectivity index (χ4v) is 2.96. The van der Waals surface area contributed by atoms with Crippen LogP contribution in [-0.2, 0) is 0 Å². The van der Waals surface area contributed by atoms with E-state index >= 15 is 0 Å². The summed E-state index contributed by atoms with van der Waals surface area (Å²) >= 11 is 0. The van der Waals surface area contributed by atoms with Crippen LogP contribution < -0.4 is 5.73 Å². The molecule has 2 rings (SSSR count). The van der Waals surface area contributed by atoms with E-state index in [1.54, 1.807) is 6.26 Å². The highest BCUT2D eigenvalue weighted by molar-refractivity contribution is 5.05. The molecule has 2 heterocycles. The Hall–Kier alpha value is -0.800. The zero-order valence-electron chi connectivity index (χ0n) is 10.9. The highest BCUT2D eigenvalue weighted by atomic mass is 16.3. The van der Waals surface area contributed by atoms with Gasteiger partial charge in [0.15, 0.2) is 0 Å². The van der Waals surface area contributed by atoms with Gasteiger partial charge in [0, 0.05) is 12.6 Å². The number of furan rings is 1. The third kappa shape index (κ3) is 2.72. The van der Waals surface area contributed by atoms with Crippen molar-refractivity contribution in [2.45, 2.75) is 45.2 Å². The molecule has 0 bridgehead atoms. The van der Waals surface area contributed by atoms with Crippen LogP contribution in [0.15, 0.2) is 22.8 Å². The first-order valence-corrected chi connectivity index (χ1v) is 6.75. The van der Waals surface area contributed by atoms with Crippen molar-refractivity contribution in [3.63, 3.8) is 0 Å². The van der Waals surface area contributed by atoms with E-state index < -0.39 is 0 Å². The molecule has 1 aromatic rings. The summed E-state index contributed by atoms with van der Waals surface area (Å²) < 4.78 is 5.51. The minimum absolute atomic E-state index is 0.344. The normalized spacial score (nSPS) is 28.2. The van der Waals surface area contributed by atoms with Crippen LogP contribution in [0.3, 0.4) is 0 Å². The van der Waals surface area contributed by atoms with Gasteiger partial charge in [0.05, 0.1) is 12.3 Å². The number of nitrogens with two attached hydrogens (primary N) is 1. The van der Waals surface area contributed by atoms with Gasteiger partial charge in [-0.2, -0.15) is 0 Å². The number of nitrogens with zero attached hydrogens (tertiary/aromatic N) is 1. The molecule has 0 radical (unpaired) electrons. The second kappa shape index (κ2) is 5.69. The van der Waals surface area contributed by atoms with E-state index in [1.807, 2.05) is 6.07 Å². The summed E-state index contributed by atoms with van der Waals surface area (Å²) in [4.78, 5) is 2.50. The van der Waals surface area contributed by atoms with Crippen molar-refractivity contribution in [1.29, 1.82) is 0 Å². The summed E-state index contributed by atoms with van der Waals surface area (Å²) in [5.41, 5.74) is 5.93. The van der Waals surface area contributed by atoms with Gasteiger partial charge in [0.25, 0.3) is 0 Å². The topological polar surface area (TPSA) is 42.4 Å². The van der Waals surface area contributed by atoms with Crippen molar-refractivity contribution in [3.8, 4) is 0 Å². The van der Waals surface area contributed by atoms with Gasteiger partial charge in [-0.05, 0) is 44.4 Å². The smallest absolute Gasteiger partial charge is 0.120 e. The van der Waals surface area contributed by atoms with E-state index in [1.165, 1.54) is 19.3 Å². The van der Waals surface area contributed by atoms with Crippen LogP contribution in [0.25, 0.3) is 0 Å². The van der Waals surface area contributed by atoms with Gasteiger partial charge in [-0.15, -0.1) is 0 Å². The maximum atomic E-state index is 5.93. The first-order valence-electron chi connectivity index (χ1n) is 6.75. The number of likely N-dealkylation sites (tertiary alicyclic amines) is 1. The third-order valence-electron chi connectivity index (χ3n) is 4.17. The van der Waals surface area contributed by atoms with Crippen LogP contribution in [0.4, 0.5) is 0 Å². The summed E-state index contributed by atoms with van der Waals surface area (Å²) in [6, 6.07) is 4.87. The molecule has 1 aliphatic heterocycles. The van der Waals surface area contributed by atoms with E-state index in [9.17, 15) is 0 Å². The summed E-state index contributed by atoms with van der Waals surface area (Å²) in [5, 5.41) is 0. The van der Waals surface area contributed by atoms with Crippen molar-refractivity contribution in [2.75, 3.05) is 13.1 Å². The maximum Gasteiger partial charge on any atom is 0.120 e. The molecule has 0 amide bonds. The van der Waals surface area contributed by atoms with Crippen molar-refractivity contribution in [1.82, 2.24) is 4.90 Å². The molecule has 3 nitrogen and oxygen atoms in total. The second-order valence-electron chi connectivity index (χ2n) is 5.12. The summed E-state index contributed by atoms with van der Waals surface area (Å²) in [7, 11) is 0. The Morgan fingerprint density at radius 1 is 1.59 bits per heavy atom. The monoisotopic (exact) mass is 236 g/mol. The zero-order chi connectivity index (χ0) is 12.3. The molecule has 3 heteroatoms. The zero-order valence-corrected chi connectivity index (χ0v) is 10.9. The molecule has 17 heavy (non-hydrogen) atoms. The van der Waals surface area contributed by atoms with Crippen LogP contribution >= 0.6 is 0 Å². The molecule has 2 N–H and O–H groups in total. The third-order valence-corrected chi connectivity index (χ3v) is 4.17. The molecule has 1 fully saturated rings. The Morgan fingerprint density at radius 2 is 2.41 bits per heavy atom. The fraction of sp³-hybridized carbons (Fsp3) is 0.714. The van der Waals surface area contributed by atoms with E-state index in [2.05, 4.69) is 24.8 Å². The van der Waals surface area contributed by atoms with Gasteiger partial charge in [0.1, 0.15) is 5.76 Å². The SMILES string of the molecule is CCC1CCN(C(C)c2ccco2)C(CN)C1. The molecule has 0 aromatic carbocycles. The number of hydrogen-bond acceptors (Lipinski definition) is 3. The lowest BCUT2D eigenvalue weighted by molar-refractivity contribution is 0.0679. The Labute approximate surface area is 104 Å². The first kappa shape index (κ1) is 12.7. The average molecular weight is 236 g/mol. The van der Waals surface area contributed by atoms with Crippen LogP contribution in [0.2, 0.25) is 0 Å². The highest BCUT2D eigenvalue weighted by Gasteiger charge is 2.31. The van der Waals surface area contributed by atoms with Gasteiger partial charge >= 0.3 is 0 Å². The van der Waals surface area contributed by atoms with Gasteiger partial charge in [-0.3, -0.25) is 4.90 Å². The molecule has 0 saturated carbocycles. The van der Waals surface area contributed by atoms with E-state index in [0.29, 0.717) is 12.1 Å². The van der Waals surface area contributed by atoms with Crippen molar-refractivity contribution < 1.29 is 4.42 Å². The predicted molar refractivity (Wildman–Crippen MR) is 69.7 cm³/mol. The quantitative estimate of drug-likeness (QED) is 0.874. The van der Waals surface area contributed by atoms with Crippen LogP contribution in [-0.4, -0.2) is 24.0 Å². The Kier molecular flexibility index (Phi) is 4.24. The standard InChI is InChI=1S/C14H24N2O/c1-3-12-6-7-16(13(9-12)10-15)11(2)14-5-4-8-17-14/h4-5,8,11-13H,3,6-7,9-10,15H2,1-2H3. The molecule has 3 atom stereocenters. The van der Waals surface area contributed by atoms with Crippen LogP contribution in [0, 0.1) is 5.92 Å². The fourth-order valence-electron chi connectivity index (χ4n) is 2.96. The van der Waals surface area contributed by atoms with Gasteiger partial charge < -0.3 is 10.2 Å². The van der Waals surface area contributed by atoms with Gasteiger partial charge in [-0.1, -0.05) is 13.3 Å². The molecule has 3 unspecified atom stereocenters. The van der Waals surface area contributed by atoms with Gasteiger partial charge in [0.2, 0.25) is 0 Å². The van der Waals surface area contributed by atoms with Crippen molar-refractivity contribution >= 4 is 0 Å². The summed E-state index contributed by atoms with van der Waals surface area (Å²) in [5.74, 6) is 1.90. The van der Waals surface area contributed by atoms with E-state index in [-0.39, 0.29) is 0 Å². The van der Waals surface area contributed by atoms with Crippen molar-refractivity contribution in [3.05, 3.63) is 24.2 Å². The Bertz CT molecular complexity index is 323. The highest BCUT2D eigenvalue weighted by Crippen LogP contribution is 2.31. The maximum absolute atomic E-state index is 5.93. The summed E-state index contributed by atoms with van der Waals surface area (Å²) in [6.45, 7) is 6.39. The van der Waals surface area contributed by atoms with E-state index in [4.69, 9.17) is 10.2 Å². The number of rotatable bonds is 4. The minimum atomic E-state index is 0.344. The second-order valence-corrected chi connectivity index (χ2v) is 5.12. The molecule has 1 saturated heterocycles. The molecule has 0 spiro atoms. The van der Waals surface area contributed by atoms with Crippen LogP contribution in [0.5, 0.6) is 0 Å². The van der Waals surface area contributed by atoms with Crippen LogP contribution in [0.1, 0.15) is 44.9 Å². The first-order chi connectivity index (χ1) is 8.26. The molecule has 1 aromatic heterocycles. The lowest BCUT2D eigenvalue weighted by Gasteiger charge is -2.41. The summed E-state index contributed by atoms with van der Waals surface area (Å²) in [6.07, 6.45) is 5.55. The number of piperidine rings is 1. The van der Waals surface area contributed by atoms with Crippen molar-refractivity contribution in [2.24, 2.45) is 11.7 Å². The lowest BCUT2D eigenvalue weighted by Crippen LogP contribution is -2.47. The molecule has 1 aliphatic rings. The molecular formula is C14H24N2O. The lowest BCUT2D eigenvalue weighted by atomic mass is 9.88. The average Bonchev–Trinajstić information content (AvgIpc) is 2.91. The molecule has 0 aliphatic carbocycles. The number of hydrogen-bond donors (Lipinski definition) is 1. The molecular weight excluding hydrogens is 212 g/mol. The Balaban J connectivity index is 2.04. The molecule has 96 valence electrons. The predicted octanol–water partition coefficient (Wildman–Crippen LogP) is 2.79. The largest absolute Gasteiger partial charge is 0.468 e. The Morgan fingerprint density at radius 3 is 3.00 bits per heavy atom. The van der Waals surface area contributed by atoms with Gasteiger partial charge in [-0.25, -0.2) is 0 Å².